The van der Waals surface area contributed by atoms with E-state index in [0.717, 1.165) is 17.0 Å². The summed E-state index contributed by atoms with van der Waals surface area (Å²) < 4.78 is 5.56. The van der Waals surface area contributed by atoms with Gasteiger partial charge in [-0.2, -0.15) is 12.6 Å². The van der Waals surface area contributed by atoms with E-state index in [-0.39, 0.29) is 5.91 Å². The van der Waals surface area contributed by atoms with Gasteiger partial charge in [-0.25, -0.2) is 0 Å². The number of thiol groups is 1. The first-order valence-corrected chi connectivity index (χ1v) is 6.22. The van der Waals surface area contributed by atoms with Gasteiger partial charge in [0, 0.05) is 18.8 Å². The third kappa shape index (κ3) is 2.25. The number of ether oxygens (including phenoxy) is 1. The van der Waals surface area contributed by atoms with Gasteiger partial charge in [0.05, 0.1) is 5.69 Å². The lowest BCUT2D eigenvalue weighted by molar-refractivity contribution is -0.125. The van der Waals surface area contributed by atoms with Crippen LogP contribution in [0.1, 0.15) is 12.5 Å². The van der Waals surface area contributed by atoms with Gasteiger partial charge in [0.2, 0.25) is 0 Å². The van der Waals surface area contributed by atoms with Crippen LogP contribution in [0.15, 0.2) is 18.2 Å². The lowest BCUT2D eigenvalue weighted by Gasteiger charge is -2.33. The fourth-order valence-corrected chi connectivity index (χ4v) is 2.11. The van der Waals surface area contributed by atoms with Gasteiger partial charge in [-0.1, -0.05) is 6.07 Å². The number of benzene rings is 1. The van der Waals surface area contributed by atoms with Crippen molar-refractivity contribution in [2.75, 3.05) is 17.2 Å². The molecule has 92 valence electrons. The van der Waals surface area contributed by atoms with E-state index >= 15 is 0 Å². The number of hydrogen-bond acceptors (Lipinski definition) is 4. The molecule has 1 aliphatic heterocycles. The lowest BCUT2D eigenvalue weighted by Crippen LogP contribution is -2.45. The first-order chi connectivity index (χ1) is 8.17. The van der Waals surface area contributed by atoms with Crippen molar-refractivity contribution in [2.24, 2.45) is 5.73 Å². The van der Waals surface area contributed by atoms with E-state index in [9.17, 15) is 4.79 Å². The van der Waals surface area contributed by atoms with E-state index in [0.29, 0.717) is 18.8 Å². The maximum Gasteiger partial charge on any atom is 0.267 e. The number of anilines is 1. The highest BCUT2D eigenvalue weighted by Gasteiger charge is 2.30. The Morgan fingerprint density at radius 1 is 1.53 bits per heavy atom. The normalized spacial score (nSPS) is 18.9. The highest BCUT2D eigenvalue weighted by Crippen LogP contribution is 2.34. The molecule has 0 bridgehead atoms. The summed E-state index contributed by atoms with van der Waals surface area (Å²) in [4.78, 5) is 13.7. The number of nitrogens with zero attached hydrogens (tertiary/aromatic N) is 1. The number of rotatable bonds is 3. The van der Waals surface area contributed by atoms with E-state index in [1.54, 1.807) is 11.8 Å². The Morgan fingerprint density at radius 3 is 2.94 bits per heavy atom. The van der Waals surface area contributed by atoms with E-state index in [1.165, 1.54) is 0 Å². The molecular weight excluding hydrogens is 236 g/mol. The summed E-state index contributed by atoms with van der Waals surface area (Å²) in [5, 5.41) is 0. The molecule has 1 heterocycles. The highest BCUT2D eigenvalue weighted by atomic mass is 32.1. The number of nitrogens with two attached hydrogens (primary N) is 1. The first-order valence-electron chi connectivity index (χ1n) is 5.59. The summed E-state index contributed by atoms with van der Waals surface area (Å²) in [6, 6.07) is 5.69. The molecule has 4 nitrogen and oxygen atoms in total. The van der Waals surface area contributed by atoms with E-state index < -0.39 is 6.10 Å². The van der Waals surface area contributed by atoms with Gasteiger partial charge in [0.15, 0.2) is 6.10 Å². The van der Waals surface area contributed by atoms with Gasteiger partial charge < -0.3 is 15.4 Å². The van der Waals surface area contributed by atoms with Gasteiger partial charge in [-0.3, -0.25) is 4.79 Å². The second-order valence-corrected chi connectivity index (χ2v) is 4.43. The summed E-state index contributed by atoms with van der Waals surface area (Å²) >= 11 is 4.18. The fraction of sp³-hybridized carbons (Fsp3) is 0.417. The van der Waals surface area contributed by atoms with Crippen molar-refractivity contribution in [3.8, 4) is 5.75 Å². The molecule has 0 saturated carbocycles. The molecule has 0 spiro atoms. The average molecular weight is 252 g/mol. The van der Waals surface area contributed by atoms with Crippen LogP contribution < -0.4 is 15.4 Å². The number of amides is 1. The molecule has 2 N–H and O–H groups in total. The second-order valence-electron chi connectivity index (χ2n) is 3.98. The Labute approximate surface area is 106 Å². The summed E-state index contributed by atoms with van der Waals surface area (Å²) in [7, 11) is 0. The zero-order valence-corrected chi connectivity index (χ0v) is 10.6. The molecule has 1 amide bonds. The molecule has 0 aromatic heterocycles. The van der Waals surface area contributed by atoms with Crippen LogP contribution in [0.25, 0.3) is 0 Å². The van der Waals surface area contributed by atoms with E-state index in [1.807, 2.05) is 18.2 Å². The smallest absolute Gasteiger partial charge is 0.267 e. The molecule has 1 atom stereocenters. The van der Waals surface area contributed by atoms with E-state index in [4.69, 9.17) is 10.5 Å². The van der Waals surface area contributed by atoms with Crippen molar-refractivity contribution in [3.05, 3.63) is 23.8 Å². The zero-order chi connectivity index (χ0) is 12.4. The predicted octanol–water partition coefficient (Wildman–Crippen LogP) is 1.19. The average Bonchev–Trinajstić information content (AvgIpc) is 2.34. The molecule has 17 heavy (non-hydrogen) atoms. The van der Waals surface area contributed by atoms with Crippen LogP contribution in [0, 0.1) is 0 Å². The fourth-order valence-electron chi connectivity index (χ4n) is 1.91. The van der Waals surface area contributed by atoms with Crippen molar-refractivity contribution < 1.29 is 9.53 Å². The summed E-state index contributed by atoms with van der Waals surface area (Å²) in [5.41, 5.74) is 7.39. The molecule has 0 fully saturated rings. The van der Waals surface area contributed by atoms with E-state index in [2.05, 4.69) is 12.6 Å². The maximum atomic E-state index is 12.0. The third-order valence-corrected chi connectivity index (χ3v) is 2.99. The van der Waals surface area contributed by atoms with Crippen LogP contribution in [0.3, 0.4) is 0 Å². The predicted molar refractivity (Wildman–Crippen MR) is 70.6 cm³/mol. The Balaban J connectivity index is 2.43. The number of fused-ring (bicyclic) bond motifs is 1. The van der Waals surface area contributed by atoms with Crippen LogP contribution in [0.5, 0.6) is 5.75 Å². The van der Waals surface area contributed by atoms with Crippen LogP contribution in [0.4, 0.5) is 5.69 Å². The molecule has 1 aromatic rings. The van der Waals surface area contributed by atoms with Gasteiger partial charge in [-0.15, -0.1) is 0 Å². The maximum absolute atomic E-state index is 12.0. The topological polar surface area (TPSA) is 55.6 Å². The minimum Gasteiger partial charge on any atom is -0.479 e. The van der Waals surface area contributed by atoms with Crippen LogP contribution in [0.2, 0.25) is 0 Å². The number of hydrogen-bond donors (Lipinski definition) is 2. The molecule has 0 radical (unpaired) electrons. The first kappa shape index (κ1) is 12.3. The van der Waals surface area contributed by atoms with Crippen LogP contribution >= 0.6 is 12.6 Å². The Morgan fingerprint density at radius 2 is 2.29 bits per heavy atom. The minimum absolute atomic E-state index is 0.0271. The molecule has 0 aliphatic carbocycles. The van der Waals surface area contributed by atoms with Crippen molar-refractivity contribution >= 4 is 24.2 Å². The summed E-state index contributed by atoms with van der Waals surface area (Å²) in [5.74, 6) is 1.32. The molecular formula is C12H16N2O2S. The van der Waals surface area contributed by atoms with Crippen molar-refractivity contribution in [1.29, 1.82) is 0 Å². The van der Waals surface area contributed by atoms with Gasteiger partial charge >= 0.3 is 0 Å². The molecule has 2 rings (SSSR count). The Kier molecular flexibility index (Phi) is 3.59. The van der Waals surface area contributed by atoms with Crippen molar-refractivity contribution in [1.82, 2.24) is 0 Å². The number of carbonyl (C=O) groups excluding carboxylic acids is 1. The monoisotopic (exact) mass is 252 g/mol. The quantitative estimate of drug-likeness (QED) is 0.795. The van der Waals surface area contributed by atoms with Crippen LogP contribution in [-0.2, 0) is 11.3 Å². The molecule has 1 aromatic carbocycles. The van der Waals surface area contributed by atoms with Gasteiger partial charge in [0.1, 0.15) is 5.75 Å². The largest absolute Gasteiger partial charge is 0.479 e. The van der Waals surface area contributed by atoms with Gasteiger partial charge in [-0.05, 0) is 24.6 Å². The Bertz CT molecular complexity index is 437. The number of carbonyl (C=O) groups is 1. The molecule has 0 saturated heterocycles. The Hall–Kier alpha value is -1.20. The molecule has 5 heteroatoms. The molecule has 1 unspecified atom stereocenters. The minimum atomic E-state index is -0.439. The third-order valence-electron chi connectivity index (χ3n) is 2.79. The summed E-state index contributed by atoms with van der Waals surface area (Å²) in [6.07, 6.45) is -0.439. The standard InChI is InChI=1S/C12H16N2O2S/c1-8-12(15)14(4-5-17)10-6-9(7-13)2-3-11(10)16-8/h2-3,6,8,17H,4-5,7,13H2,1H3. The van der Waals surface area contributed by atoms with Gasteiger partial charge in [0.25, 0.3) is 5.91 Å². The highest BCUT2D eigenvalue weighted by molar-refractivity contribution is 7.80. The SMILES string of the molecule is CC1Oc2ccc(CN)cc2N(CCS)C1=O. The lowest BCUT2D eigenvalue weighted by atomic mass is 10.1. The van der Waals surface area contributed by atoms with Crippen molar-refractivity contribution in [3.63, 3.8) is 0 Å². The zero-order valence-electron chi connectivity index (χ0n) is 9.72. The summed E-state index contributed by atoms with van der Waals surface area (Å²) in [6.45, 7) is 2.79. The van der Waals surface area contributed by atoms with Crippen molar-refractivity contribution in [2.45, 2.75) is 19.6 Å². The van der Waals surface area contributed by atoms with Crippen LogP contribution in [-0.4, -0.2) is 24.3 Å². The second kappa shape index (κ2) is 4.98. The molecule has 1 aliphatic rings.